The lowest BCUT2D eigenvalue weighted by atomic mass is 9.90. The van der Waals surface area contributed by atoms with Crippen LogP contribution in [0.25, 0.3) is 0 Å². The first kappa shape index (κ1) is 9.52. The second-order valence-electron chi connectivity index (χ2n) is 4.22. The van der Waals surface area contributed by atoms with Crippen molar-refractivity contribution in [2.75, 3.05) is 7.05 Å². The fraction of sp³-hybridized carbons (Fsp3) is 0.889. The second kappa shape index (κ2) is 3.05. The lowest BCUT2D eigenvalue weighted by Crippen LogP contribution is -2.54. The molecular weight excluding hydrogens is 152 g/mol. The van der Waals surface area contributed by atoms with Gasteiger partial charge in [-0.05, 0) is 33.1 Å². The lowest BCUT2D eigenvalue weighted by Gasteiger charge is -2.37. The molecule has 1 aliphatic rings. The van der Waals surface area contributed by atoms with Crippen LogP contribution in [-0.2, 0) is 4.79 Å². The number of hydrogen-bond donors (Lipinski definition) is 1. The zero-order valence-corrected chi connectivity index (χ0v) is 8.13. The summed E-state index contributed by atoms with van der Waals surface area (Å²) in [5, 5.41) is 0. The summed E-state index contributed by atoms with van der Waals surface area (Å²) in [5.74, 6) is 0.0483. The Bertz CT molecular complexity index is 179. The minimum atomic E-state index is -0.718. The van der Waals surface area contributed by atoms with E-state index < -0.39 is 5.54 Å². The number of carbonyl (C=O) groups is 1. The summed E-state index contributed by atoms with van der Waals surface area (Å²) in [7, 11) is 1.85. The van der Waals surface area contributed by atoms with E-state index in [2.05, 4.69) is 0 Å². The fourth-order valence-electron chi connectivity index (χ4n) is 1.39. The first-order valence-corrected chi connectivity index (χ1v) is 4.49. The zero-order chi connectivity index (χ0) is 9.35. The summed E-state index contributed by atoms with van der Waals surface area (Å²) >= 11 is 0. The molecule has 0 aromatic heterocycles. The molecule has 0 spiro atoms. The van der Waals surface area contributed by atoms with Crippen LogP contribution in [0.5, 0.6) is 0 Å². The number of nitrogens with two attached hydrogens (primary N) is 1. The molecule has 3 heteroatoms. The number of amides is 1. The molecule has 12 heavy (non-hydrogen) atoms. The molecule has 0 heterocycles. The predicted octanol–water partition coefficient (Wildman–Crippen LogP) is 0.735. The van der Waals surface area contributed by atoms with E-state index in [1.807, 2.05) is 7.05 Å². The van der Waals surface area contributed by atoms with E-state index in [9.17, 15) is 4.79 Å². The highest BCUT2D eigenvalue weighted by molar-refractivity contribution is 5.85. The molecule has 1 rings (SSSR count). The normalized spacial score (nSPS) is 18.7. The number of rotatable bonds is 2. The van der Waals surface area contributed by atoms with Crippen LogP contribution in [0.1, 0.15) is 33.1 Å². The maximum Gasteiger partial charge on any atom is 0.242 e. The molecule has 1 amide bonds. The van der Waals surface area contributed by atoms with Crippen molar-refractivity contribution in [2.24, 2.45) is 5.73 Å². The highest BCUT2D eigenvalue weighted by Crippen LogP contribution is 2.24. The van der Waals surface area contributed by atoms with Crippen molar-refractivity contribution in [3.05, 3.63) is 0 Å². The van der Waals surface area contributed by atoms with Gasteiger partial charge < -0.3 is 10.6 Å². The minimum Gasteiger partial charge on any atom is -0.341 e. The van der Waals surface area contributed by atoms with E-state index in [0.29, 0.717) is 6.04 Å². The van der Waals surface area contributed by atoms with Crippen LogP contribution in [0.4, 0.5) is 0 Å². The Morgan fingerprint density at radius 2 is 2.00 bits per heavy atom. The number of hydrogen-bond acceptors (Lipinski definition) is 2. The van der Waals surface area contributed by atoms with Crippen LogP contribution in [-0.4, -0.2) is 29.4 Å². The molecule has 0 bridgehead atoms. The largest absolute Gasteiger partial charge is 0.341 e. The van der Waals surface area contributed by atoms with Crippen LogP contribution in [0, 0.1) is 0 Å². The molecule has 0 unspecified atom stereocenters. The molecule has 0 aromatic carbocycles. The molecule has 1 aliphatic carbocycles. The Kier molecular flexibility index (Phi) is 2.42. The van der Waals surface area contributed by atoms with Crippen LogP contribution in [0.3, 0.4) is 0 Å². The summed E-state index contributed by atoms with van der Waals surface area (Å²) in [6.45, 7) is 3.51. The van der Waals surface area contributed by atoms with Gasteiger partial charge in [0, 0.05) is 13.1 Å². The Morgan fingerprint density at radius 3 is 2.25 bits per heavy atom. The Morgan fingerprint density at radius 1 is 1.50 bits per heavy atom. The van der Waals surface area contributed by atoms with Gasteiger partial charge in [-0.2, -0.15) is 0 Å². The second-order valence-corrected chi connectivity index (χ2v) is 4.22. The summed E-state index contributed by atoms with van der Waals surface area (Å²) in [6, 6.07) is 0.445. The third-order valence-corrected chi connectivity index (χ3v) is 2.49. The van der Waals surface area contributed by atoms with Gasteiger partial charge in [0.2, 0.25) is 5.91 Å². The van der Waals surface area contributed by atoms with Gasteiger partial charge in [-0.1, -0.05) is 0 Å². The Balaban J connectivity index is 2.51. The Hall–Kier alpha value is -0.570. The van der Waals surface area contributed by atoms with E-state index in [0.717, 1.165) is 12.8 Å². The zero-order valence-electron chi connectivity index (χ0n) is 8.13. The first-order valence-electron chi connectivity index (χ1n) is 4.49. The van der Waals surface area contributed by atoms with Gasteiger partial charge >= 0.3 is 0 Å². The van der Waals surface area contributed by atoms with Crippen molar-refractivity contribution in [2.45, 2.75) is 44.7 Å². The fourth-order valence-corrected chi connectivity index (χ4v) is 1.39. The Labute approximate surface area is 73.9 Å². The van der Waals surface area contributed by atoms with Crippen LogP contribution < -0.4 is 5.73 Å². The summed E-state index contributed by atoms with van der Waals surface area (Å²) in [6.07, 6.45) is 3.52. The van der Waals surface area contributed by atoms with Gasteiger partial charge in [0.05, 0.1) is 5.54 Å². The molecule has 0 aromatic rings. The lowest BCUT2D eigenvalue weighted by molar-refractivity contribution is -0.138. The van der Waals surface area contributed by atoms with E-state index >= 15 is 0 Å². The van der Waals surface area contributed by atoms with Crippen molar-refractivity contribution >= 4 is 5.91 Å². The highest BCUT2D eigenvalue weighted by atomic mass is 16.2. The molecule has 1 fully saturated rings. The van der Waals surface area contributed by atoms with Gasteiger partial charge in [0.25, 0.3) is 0 Å². The van der Waals surface area contributed by atoms with Crippen molar-refractivity contribution < 1.29 is 4.79 Å². The van der Waals surface area contributed by atoms with Gasteiger partial charge in [0.15, 0.2) is 0 Å². The van der Waals surface area contributed by atoms with Crippen LogP contribution in [0.15, 0.2) is 0 Å². The van der Waals surface area contributed by atoms with E-state index in [-0.39, 0.29) is 5.91 Å². The van der Waals surface area contributed by atoms with Gasteiger partial charge in [-0.15, -0.1) is 0 Å². The van der Waals surface area contributed by atoms with E-state index in [4.69, 9.17) is 5.73 Å². The number of nitrogens with zero attached hydrogens (tertiary/aromatic N) is 1. The van der Waals surface area contributed by atoms with E-state index in [1.54, 1.807) is 18.7 Å². The van der Waals surface area contributed by atoms with Crippen molar-refractivity contribution in [1.82, 2.24) is 4.90 Å². The highest BCUT2D eigenvalue weighted by Gasteiger charge is 2.32. The van der Waals surface area contributed by atoms with Crippen LogP contribution >= 0.6 is 0 Å². The molecule has 0 atom stereocenters. The van der Waals surface area contributed by atoms with Gasteiger partial charge in [0.1, 0.15) is 0 Å². The number of likely N-dealkylation sites (N-methyl/N-ethyl adjacent to an activating group) is 1. The van der Waals surface area contributed by atoms with Crippen molar-refractivity contribution in [3.8, 4) is 0 Å². The standard InChI is InChI=1S/C9H18N2O/c1-9(2,10)8(12)11(3)7-5-4-6-7/h7H,4-6,10H2,1-3H3. The molecule has 70 valence electrons. The van der Waals surface area contributed by atoms with Gasteiger partial charge in [-0.25, -0.2) is 0 Å². The molecule has 3 nitrogen and oxygen atoms in total. The molecular formula is C9H18N2O. The summed E-state index contributed by atoms with van der Waals surface area (Å²) in [4.78, 5) is 13.4. The van der Waals surface area contributed by atoms with E-state index in [1.165, 1.54) is 6.42 Å². The monoisotopic (exact) mass is 170 g/mol. The molecule has 0 saturated heterocycles. The average molecular weight is 170 g/mol. The summed E-state index contributed by atoms with van der Waals surface area (Å²) < 4.78 is 0. The first-order chi connectivity index (χ1) is 5.43. The predicted molar refractivity (Wildman–Crippen MR) is 48.7 cm³/mol. The van der Waals surface area contributed by atoms with Crippen molar-refractivity contribution in [1.29, 1.82) is 0 Å². The molecule has 0 aliphatic heterocycles. The molecule has 2 N–H and O–H groups in total. The van der Waals surface area contributed by atoms with Crippen molar-refractivity contribution in [3.63, 3.8) is 0 Å². The molecule has 0 radical (unpaired) electrons. The topological polar surface area (TPSA) is 46.3 Å². The third kappa shape index (κ3) is 1.78. The molecule has 1 saturated carbocycles. The summed E-state index contributed by atoms with van der Waals surface area (Å²) in [5.41, 5.74) is 4.99. The maximum atomic E-state index is 11.6. The third-order valence-electron chi connectivity index (χ3n) is 2.49. The quantitative estimate of drug-likeness (QED) is 0.664. The maximum absolute atomic E-state index is 11.6. The van der Waals surface area contributed by atoms with Gasteiger partial charge in [-0.3, -0.25) is 4.79 Å². The smallest absolute Gasteiger partial charge is 0.242 e. The minimum absolute atomic E-state index is 0.0483. The van der Waals surface area contributed by atoms with Crippen LogP contribution in [0.2, 0.25) is 0 Å². The SMILES string of the molecule is CN(C(=O)C(C)(C)N)C1CCC1. The average Bonchev–Trinajstić information content (AvgIpc) is 1.79. The number of carbonyl (C=O) groups excluding carboxylic acids is 1.